The van der Waals surface area contributed by atoms with E-state index in [0.29, 0.717) is 23.2 Å². The van der Waals surface area contributed by atoms with Crippen molar-refractivity contribution in [2.75, 3.05) is 13.0 Å². The van der Waals surface area contributed by atoms with Crippen LogP contribution in [0.4, 0.5) is 0 Å². The fourth-order valence-corrected chi connectivity index (χ4v) is 1.48. The Morgan fingerprint density at radius 1 is 1.53 bits per heavy atom. The number of halogens is 1. The lowest BCUT2D eigenvalue weighted by molar-refractivity contribution is 0.101. The molecule has 4 heteroatoms. The van der Waals surface area contributed by atoms with Gasteiger partial charge >= 0.3 is 0 Å². The van der Waals surface area contributed by atoms with Crippen molar-refractivity contribution in [3.05, 3.63) is 28.8 Å². The van der Waals surface area contributed by atoms with Crippen LogP contribution in [0.2, 0.25) is 0 Å². The third-order valence-electron chi connectivity index (χ3n) is 2.12. The fourth-order valence-electron chi connectivity index (χ4n) is 1.33. The first-order valence-electron chi connectivity index (χ1n) is 4.37. The molecular formula is C11H11ClO3. The van der Waals surface area contributed by atoms with Gasteiger partial charge in [0, 0.05) is 11.1 Å². The van der Waals surface area contributed by atoms with Crippen LogP contribution in [0.15, 0.2) is 12.1 Å². The Balaban J connectivity index is 3.33. The van der Waals surface area contributed by atoms with Crippen LogP contribution in [-0.2, 0) is 0 Å². The number of methoxy groups -OCH3 is 1. The molecule has 0 saturated heterocycles. The molecule has 0 aliphatic heterocycles. The van der Waals surface area contributed by atoms with Crippen molar-refractivity contribution in [1.29, 1.82) is 0 Å². The molecule has 0 N–H and O–H groups in total. The summed E-state index contributed by atoms with van der Waals surface area (Å²) >= 11 is 5.44. The normalized spacial score (nSPS) is 9.80. The van der Waals surface area contributed by atoms with Gasteiger partial charge in [-0.2, -0.15) is 0 Å². The number of alkyl halides is 1. The Morgan fingerprint density at radius 2 is 2.20 bits per heavy atom. The van der Waals surface area contributed by atoms with Crippen LogP contribution in [0.25, 0.3) is 0 Å². The minimum absolute atomic E-state index is 0.132. The van der Waals surface area contributed by atoms with Gasteiger partial charge in [0.05, 0.1) is 13.0 Å². The summed E-state index contributed by atoms with van der Waals surface area (Å²) in [6, 6.07) is 3.16. The van der Waals surface area contributed by atoms with Crippen LogP contribution in [0, 0.1) is 6.92 Å². The zero-order chi connectivity index (χ0) is 11.4. The maximum absolute atomic E-state index is 11.4. The molecule has 0 aromatic heterocycles. The van der Waals surface area contributed by atoms with E-state index in [1.165, 1.54) is 7.11 Å². The Morgan fingerprint density at radius 3 is 2.67 bits per heavy atom. The quantitative estimate of drug-likeness (QED) is 0.449. The second-order valence-corrected chi connectivity index (χ2v) is 3.35. The molecule has 0 bridgehead atoms. The Labute approximate surface area is 93.0 Å². The lowest BCUT2D eigenvalue weighted by atomic mass is 10.0. The number of carbonyl (C=O) groups excluding carboxylic acids is 2. The Bertz CT molecular complexity index is 399. The van der Waals surface area contributed by atoms with Crippen LogP contribution in [-0.4, -0.2) is 25.1 Å². The molecule has 1 rings (SSSR count). The standard InChI is InChI=1S/C11H11ClO3/c1-7-3-9(10(14)5-12)8(6-13)4-11(7)15-2/h3-4,6H,5H2,1-2H3. The molecule has 3 nitrogen and oxygen atoms in total. The van der Waals surface area contributed by atoms with Crippen molar-refractivity contribution in [2.24, 2.45) is 0 Å². The van der Waals surface area contributed by atoms with Crippen LogP contribution in [0.3, 0.4) is 0 Å². The number of carbonyl (C=O) groups is 2. The van der Waals surface area contributed by atoms with Crippen LogP contribution >= 0.6 is 11.6 Å². The summed E-state index contributed by atoms with van der Waals surface area (Å²) in [6.45, 7) is 1.80. The van der Waals surface area contributed by atoms with Crippen molar-refractivity contribution in [3.63, 3.8) is 0 Å². The van der Waals surface area contributed by atoms with Crippen molar-refractivity contribution < 1.29 is 14.3 Å². The average molecular weight is 227 g/mol. The number of ether oxygens (including phenoxy) is 1. The molecule has 0 saturated carbocycles. The molecule has 0 heterocycles. The van der Waals surface area contributed by atoms with Gasteiger partial charge in [0.15, 0.2) is 12.1 Å². The number of aldehydes is 1. The highest BCUT2D eigenvalue weighted by Crippen LogP contribution is 2.22. The predicted molar refractivity (Wildman–Crippen MR) is 58.2 cm³/mol. The number of Topliss-reactive ketones (excluding diaryl/α,β-unsaturated/α-hetero) is 1. The van der Waals surface area contributed by atoms with E-state index >= 15 is 0 Å². The van der Waals surface area contributed by atoms with E-state index in [9.17, 15) is 9.59 Å². The molecule has 0 unspecified atom stereocenters. The molecular weight excluding hydrogens is 216 g/mol. The molecule has 0 atom stereocenters. The van der Waals surface area contributed by atoms with E-state index < -0.39 is 0 Å². The lowest BCUT2D eigenvalue weighted by Crippen LogP contribution is -2.06. The highest BCUT2D eigenvalue weighted by atomic mass is 35.5. The molecule has 0 aliphatic carbocycles. The van der Waals surface area contributed by atoms with E-state index in [-0.39, 0.29) is 11.7 Å². The molecule has 0 aliphatic rings. The lowest BCUT2D eigenvalue weighted by Gasteiger charge is -2.08. The second-order valence-electron chi connectivity index (χ2n) is 3.08. The van der Waals surface area contributed by atoms with E-state index in [2.05, 4.69) is 0 Å². The summed E-state index contributed by atoms with van der Waals surface area (Å²) < 4.78 is 5.05. The van der Waals surface area contributed by atoms with Gasteiger partial charge in [-0.25, -0.2) is 0 Å². The maximum Gasteiger partial charge on any atom is 0.178 e. The first-order chi connectivity index (χ1) is 7.13. The molecule has 1 aromatic rings. The molecule has 0 spiro atoms. The van der Waals surface area contributed by atoms with Gasteiger partial charge in [0.1, 0.15) is 5.75 Å². The second kappa shape index (κ2) is 4.94. The SMILES string of the molecule is COc1cc(C=O)c(C(=O)CCl)cc1C. The molecule has 1 aromatic carbocycles. The number of rotatable bonds is 4. The molecule has 0 fully saturated rings. The first kappa shape index (κ1) is 11.7. The van der Waals surface area contributed by atoms with Crippen molar-refractivity contribution in [3.8, 4) is 5.75 Å². The Hall–Kier alpha value is -1.35. The van der Waals surface area contributed by atoms with Crippen LogP contribution in [0.1, 0.15) is 26.3 Å². The van der Waals surface area contributed by atoms with E-state index in [1.54, 1.807) is 19.1 Å². The maximum atomic E-state index is 11.4. The van der Waals surface area contributed by atoms with Crippen molar-refractivity contribution in [1.82, 2.24) is 0 Å². The third-order valence-corrected chi connectivity index (χ3v) is 2.36. The highest BCUT2D eigenvalue weighted by molar-refractivity contribution is 6.31. The average Bonchev–Trinajstić information content (AvgIpc) is 2.27. The van der Waals surface area contributed by atoms with Crippen LogP contribution in [0.5, 0.6) is 5.75 Å². The van der Waals surface area contributed by atoms with Crippen molar-refractivity contribution >= 4 is 23.7 Å². The monoisotopic (exact) mass is 226 g/mol. The van der Waals surface area contributed by atoms with E-state index in [1.807, 2.05) is 0 Å². The zero-order valence-electron chi connectivity index (χ0n) is 8.54. The third kappa shape index (κ3) is 2.36. The van der Waals surface area contributed by atoms with Crippen molar-refractivity contribution in [2.45, 2.75) is 6.92 Å². The highest BCUT2D eigenvalue weighted by Gasteiger charge is 2.13. The van der Waals surface area contributed by atoms with Gasteiger partial charge in [0.25, 0.3) is 0 Å². The first-order valence-corrected chi connectivity index (χ1v) is 4.90. The number of hydrogen-bond acceptors (Lipinski definition) is 3. The minimum atomic E-state index is -0.260. The van der Waals surface area contributed by atoms with Gasteiger partial charge in [-0.15, -0.1) is 11.6 Å². The van der Waals surface area contributed by atoms with Gasteiger partial charge < -0.3 is 4.74 Å². The van der Waals surface area contributed by atoms with Gasteiger partial charge in [-0.3, -0.25) is 9.59 Å². The van der Waals surface area contributed by atoms with Gasteiger partial charge in [0.2, 0.25) is 0 Å². The molecule has 80 valence electrons. The smallest absolute Gasteiger partial charge is 0.178 e. The molecule has 0 amide bonds. The van der Waals surface area contributed by atoms with E-state index in [0.717, 1.165) is 5.56 Å². The van der Waals surface area contributed by atoms with Gasteiger partial charge in [-0.1, -0.05) is 0 Å². The van der Waals surface area contributed by atoms with Gasteiger partial charge in [-0.05, 0) is 24.6 Å². The number of aryl methyl sites for hydroxylation is 1. The largest absolute Gasteiger partial charge is 0.496 e. The summed E-state index contributed by atoms with van der Waals surface area (Å²) in [5.41, 5.74) is 1.46. The predicted octanol–water partition coefficient (Wildman–Crippen LogP) is 2.24. The fraction of sp³-hybridized carbons (Fsp3) is 0.273. The summed E-state index contributed by atoms with van der Waals surface area (Å²) in [5.74, 6) is 0.194. The number of benzene rings is 1. The number of hydrogen-bond donors (Lipinski definition) is 0. The zero-order valence-corrected chi connectivity index (χ0v) is 9.30. The Kier molecular flexibility index (Phi) is 3.86. The topological polar surface area (TPSA) is 43.4 Å². The molecule has 0 radical (unpaired) electrons. The summed E-state index contributed by atoms with van der Waals surface area (Å²) in [6.07, 6.45) is 0.627. The number of ketones is 1. The van der Waals surface area contributed by atoms with E-state index in [4.69, 9.17) is 16.3 Å². The molecule has 15 heavy (non-hydrogen) atoms. The van der Waals surface area contributed by atoms with Crippen LogP contribution < -0.4 is 4.74 Å². The summed E-state index contributed by atoms with van der Waals surface area (Å²) in [4.78, 5) is 22.2. The summed E-state index contributed by atoms with van der Waals surface area (Å²) in [5, 5.41) is 0. The minimum Gasteiger partial charge on any atom is -0.496 e. The summed E-state index contributed by atoms with van der Waals surface area (Å²) in [7, 11) is 1.51.